The van der Waals surface area contributed by atoms with Crippen LogP contribution in [0.15, 0.2) is 59.8 Å². The van der Waals surface area contributed by atoms with Gasteiger partial charge in [-0.15, -0.1) is 0 Å². The van der Waals surface area contributed by atoms with E-state index in [9.17, 15) is 14.7 Å². The second kappa shape index (κ2) is 16.2. The SMILES string of the molecule is CCCCC1(OC)CCC2(CCC(C)C(C/C=C(C)/C=C/C(O)C(C)/C=C/C(=O)O)O2)OC1/C=C/C(C)=C/C(=O)O. The molecule has 0 aromatic carbocycles. The number of aliphatic hydroxyl groups excluding tert-OH is 1. The van der Waals surface area contributed by atoms with E-state index in [0.717, 1.165) is 56.6 Å². The number of rotatable bonds is 14. The molecule has 0 aromatic rings. The molecule has 7 unspecified atom stereocenters. The summed E-state index contributed by atoms with van der Waals surface area (Å²) in [5.74, 6) is -2.73. The van der Waals surface area contributed by atoms with Crippen molar-refractivity contribution in [3.8, 4) is 0 Å². The number of carbonyl (C=O) groups is 2. The van der Waals surface area contributed by atoms with Crippen molar-refractivity contribution in [1.29, 1.82) is 0 Å². The Morgan fingerprint density at radius 2 is 1.76 bits per heavy atom. The molecule has 0 bridgehead atoms. The lowest BCUT2D eigenvalue weighted by Crippen LogP contribution is -2.58. The first-order valence-electron chi connectivity index (χ1n) is 14.8. The average molecular weight is 575 g/mol. The van der Waals surface area contributed by atoms with Gasteiger partial charge in [0, 0.05) is 38.0 Å². The fraction of sp³-hybridized carbons (Fsp3) is 0.636. The predicted molar refractivity (Wildman–Crippen MR) is 159 cm³/mol. The number of aliphatic hydroxyl groups is 1. The Kier molecular flexibility index (Phi) is 13.7. The molecule has 0 radical (unpaired) electrons. The highest BCUT2D eigenvalue weighted by Crippen LogP contribution is 2.47. The molecule has 7 atom stereocenters. The zero-order chi connectivity index (χ0) is 30.6. The Bertz CT molecular complexity index is 1020. The Morgan fingerprint density at radius 1 is 1.02 bits per heavy atom. The highest BCUT2D eigenvalue weighted by Gasteiger charge is 2.52. The highest BCUT2D eigenvalue weighted by molar-refractivity contribution is 5.81. The van der Waals surface area contributed by atoms with Gasteiger partial charge in [-0.1, -0.05) is 75.6 Å². The zero-order valence-corrected chi connectivity index (χ0v) is 25.5. The molecule has 8 heteroatoms. The topological polar surface area (TPSA) is 123 Å². The van der Waals surface area contributed by atoms with E-state index in [2.05, 4.69) is 19.9 Å². The fourth-order valence-electron chi connectivity index (χ4n) is 5.48. The van der Waals surface area contributed by atoms with Crippen molar-refractivity contribution < 1.29 is 39.1 Å². The van der Waals surface area contributed by atoms with E-state index in [1.165, 1.54) is 12.2 Å². The molecule has 2 fully saturated rings. The van der Waals surface area contributed by atoms with Gasteiger partial charge in [0.2, 0.25) is 0 Å². The smallest absolute Gasteiger partial charge is 0.328 e. The summed E-state index contributed by atoms with van der Waals surface area (Å²) < 4.78 is 19.6. The summed E-state index contributed by atoms with van der Waals surface area (Å²) in [5, 5.41) is 28.2. The minimum Gasteiger partial charge on any atom is -0.478 e. The van der Waals surface area contributed by atoms with E-state index in [4.69, 9.17) is 24.4 Å². The van der Waals surface area contributed by atoms with Gasteiger partial charge in [-0.05, 0) is 51.0 Å². The number of aliphatic carboxylic acids is 2. The van der Waals surface area contributed by atoms with Crippen LogP contribution in [0.2, 0.25) is 0 Å². The highest BCUT2D eigenvalue weighted by atomic mass is 16.7. The first-order chi connectivity index (χ1) is 19.3. The standard InChI is InChI=1S/C33H50O8/c1-7-8-18-32(39-6)20-21-33(41-29(32)15-11-24(3)22-31(37)38)19-17-26(5)28(40-33)14-10-23(2)9-13-27(34)25(4)12-16-30(35)36/h9-13,15-16,22,25-29,34H,7-8,14,17-21H2,1-6H3,(H,35,36)(H,37,38)/b13-9+,15-11+,16-12+,23-10+,24-22+. The van der Waals surface area contributed by atoms with Gasteiger partial charge in [0.15, 0.2) is 5.79 Å². The summed E-state index contributed by atoms with van der Waals surface area (Å²) in [5.41, 5.74) is 1.11. The van der Waals surface area contributed by atoms with E-state index in [0.29, 0.717) is 17.9 Å². The number of methoxy groups -OCH3 is 1. The maximum atomic E-state index is 11.1. The minimum absolute atomic E-state index is 0.0431. The molecule has 2 aliphatic rings. The van der Waals surface area contributed by atoms with E-state index >= 15 is 0 Å². The fourth-order valence-corrected chi connectivity index (χ4v) is 5.48. The third kappa shape index (κ3) is 10.7. The van der Waals surface area contributed by atoms with Crippen molar-refractivity contribution >= 4 is 11.9 Å². The van der Waals surface area contributed by atoms with E-state index < -0.39 is 29.4 Å². The van der Waals surface area contributed by atoms with Gasteiger partial charge < -0.3 is 29.5 Å². The second-order valence-electron chi connectivity index (χ2n) is 11.7. The monoisotopic (exact) mass is 574 g/mol. The molecule has 0 aliphatic carbocycles. The first-order valence-corrected chi connectivity index (χ1v) is 14.8. The quantitative estimate of drug-likeness (QED) is 0.162. The van der Waals surface area contributed by atoms with E-state index in [1.807, 2.05) is 19.1 Å². The molecule has 0 aromatic heterocycles. The molecule has 230 valence electrons. The van der Waals surface area contributed by atoms with Gasteiger partial charge in [0.25, 0.3) is 0 Å². The van der Waals surface area contributed by atoms with Crippen molar-refractivity contribution in [2.45, 2.75) is 116 Å². The van der Waals surface area contributed by atoms with Gasteiger partial charge in [-0.25, -0.2) is 9.59 Å². The summed E-state index contributed by atoms with van der Waals surface area (Å²) >= 11 is 0. The molecule has 1 spiro atoms. The van der Waals surface area contributed by atoms with Crippen molar-refractivity contribution in [2.75, 3.05) is 7.11 Å². The zero-order valence-electron chi connectivity index (χ0n) is 25.5. The molecular formula is C33H50O8. The molecule has 2 rings (SSSR count). The normalized spacial score (nSPS) is 31.3. The Labute approximate surface area is 245 Å². The molecule has 2 saturated heterocycles. The summed E-state index contributed by atoms with van der Waals surface area (Å²) in [6.45, 7) is 9.83. The maximum absolute atomic E-state index is 11.1. The van der Waals surface area contributed by atoms with Gasteiger partial charge in [-0.3, -0.25) is 0 Å². The first kappa shape index (κ1) is 34.7. The number of unbranched alkanes of at least 4 members (excludes halogenated alkanes) is 1. The number of carboxylic acids is 2. The van der Waals surface area contributed by atoms with Crippen LogP contribution in [0.25, 0.3) is 0 Å². The largest absolute Gasteiger partial charge is 0.478 e. The summed E-state index contributed by atoms with van der Waals surface area (Å²) in [6, 6.07) is 0. The third-order valence-electron chi connectivity index (χ3n) is 8.33. The lowest BCUT2D eigenvalue weighted by atomic mass is 9.78. The van der Waals surface area contributed by atoms with Crippen LogP contribution in [0.5, 0.6) is 0 Å². The van der Waals surface area contributed by atoms with Crippen LogP contribution < -0.4 is 0 Å². The van der Waals surface area contributed by atoms with Crippen LogP contribution in [0.1, 0.15) is 86.0 Å². The molecule has 2 aliphatic heterocycles. The number of ether oxygens (including phenoxy) is 3. The molecule has 0 amide bonds. The van der Waals surface area contributed by atoms with Crippen molar-refractivity contribution in [3.05, 3.63) is 59.8 Å². The number of carboxylic acid groups (broad SMARTS) is 2. The number of hydrogen-bond acceptors (Lipinski definition) is 6. The van der Waals surface area contributed by atoms with Crippen LogP contribution in [0, 0.1) is 11.8 Å². The molecule has 0 saturated carbocycles. The summed E-state index contributed by atoms with van der Waals surface area (Å²) in [6.07, 6.45) is 18.7. The van der Waals surface area contributed by atoms with Crippen molar-refractivity contribution in [2.24, 2.45) is 11.8 Å². The lowest BCUT2D eigenvalue weighted by Gasteiger charge is -2.53. The van der Waals surface area contributed by atoms with Gasteiger partial charge in [-0.2, -0.15) is 0 Å². The van der Waals surface area contributed by atoms with Gasteiger partial charge in [0.1, 0.15) is 6.10 Å². The van der Waals surface area contributed by atoms with Crippen molar-refractivity contribution in [3.63, 3.8) is 0 Å². The lowest BCUT2D eigenvalue weighted by molar-refractivity contribution is -0.346. The minimum atomic E-state index is -1.04. The molecule has 3 N–H and O–H groups in total. The Hall–Kier alpha value is -2.52. The molecule has 8 nitrogen and oxygen atoms in total. The van der Waals surface area contributed by atoms with Gasteiger partial charge in [0.05, 0.1) is 17.8 Å². The number of allylic oxidation sites excluding steroid dienone is 4. The Balaban J connectivity index is 2.18. The van der Waals surface area contributed by atoms with E-state index in [1.54, 1.807) is 33.1 Å². The average Bonchev–Trinajstić information content (AvgIpc) is 2.93. The Morgan fingerprint density at radius 3 is 2.39 bits per heavy atom. The molecule has 2 heterocycles. The van der Waals surface area contributed by atoms with Crippen LogP contribution in [0.4, 0.5) is 0 Å². The van der Waals surface area contributed by atoms with Crippen LogP contribution >= 0.6 is 0 Å². The predicted octanol–water partition coefficient (Wildman–Crippen LogP) is 6.37. The third-order valence-corrected chi connectivity index (χ3v) is 8.33. The van der Waals surface area contributed by atoms with Crippen molar-refractivity contribution in [1.82, 2.24) is 0 Å². The van der Waals surface area contributed by atoms with Gasteiger partial charge >= 0.3 is 11.9 Å². The summed E-state index contributed by atoms with van der Waals surface area (Å²) in [7, 11) is 1.73. The summed E-state index contributed by atoms with van der Waals surface area (Å²) in [4.78, 5) is 21.8. The molecule has 41 heavy (non-hydrogen) atoms. The molecular weight excluding hydrogens is 524 g/mol. The number of hydrogen-bond donors (Lipinski definition) is 3. The second-order valence-corrected chi connectivity index (χ2v) is 11.7. The van der Waals surface area contributed by atoms with Crippen LogP contribution in [0.3, 0.4) is 0 Å². The van der Waals surface area contributed by atoms with E-state index in [-0.39, 0.29) is 18.1 Å². The maximum Gasteiger partial charge on any atom is 0.328 e. The van der Waals surface area contributed by atoms with Crippen LogP contribution in [-0.4, -0.2) is 64.1 Å². The van der Waals surface area contributed by atoms with Crippen LogP contribution in [-0.2, 0) is 23.8 Å².